The number of amides is 1. The summed E-state index contributed by atoms with van der Waals surface area (Å²) < 4.78 is 11.9. The van der Waals surface area contributed by atoms with Gasteiger partial charge in [-0.05, 0) is 43.2 Å². The summed E-state index contributed by atoms with van der Waals surface area (Å²) in [6.07, 6.45) is 2.02. The molecule has 0 N–H and O–H groups in total. The summed E-state index contributed by atoms with van der Waals surface area (Å²) in [7, 11) is 3.22. The van der Waals surface area contributed by atoms with Crippen molar-refractivity contribution in [1.82, 2.24) is 14.9 Å². The average Bonchev–Trinajstić information content (AvgIpc) is 3.51. The molecule has 8 heteroatoms. The molecule has 0 radical (unpaired) electrons. The zero-order chi connectivity index (χ0) is 22.1. The fraction of sp³-hybridized carbons (Fsp3) is 0.292. The summed E-state index contributed by atoms with van der Waals surface area (Å²) in [5.74, 6) is 1.56. The predicted octanol–water partition coefficient (Wildman–Crippen LogP) is 5.46. The van der Waals surface area contributed by atoms with Crippen molar-refractivity contribution in [2.75, 3.05) is 27.3 Å². The lowest BCUT2D eigenvalue weighted by molar-refractivity contribution is 0.0702. The highest BCUT2D eigenvalue weighted by molar-refractivity contribution is 7.18. The second-order valence-corrected chi connectivity index (χ2v) is 9.64. The number of nitrogens with zero attached hydrogens (tertiary/aromatic N) is 3. The maximum absolute atomic E-state index is 13.2. The van der Waals surface area contributed by atoms with Gasteiger partial charge in [-0.25, -0.2) is 9.97 Å². The third-order valence-electron chi connectivity index (χ3n) is 5.72. The van der Waals surface area contributed by atoms with Crippen LogP contribution in [-0.4, -0.2) is 48.1 Å². The Morgan fingerprint density at radius 3 is 2.75 bits per heavy atom. The number of thiazole rings is 2. The molecular weight excluding hydrogens is 442 g/mol. The van der Waals surface area contributed by atoms with Crippen LogP contribution in [-0.2, 0) is 0 Å². The molecule has 6 nitrogen and oxygen atoms in total. The predicted molar refractivity (Wildman–Crippen MR) is 128 cm³/mol. The number of hydrogen-bond donors (Lipinski definition) is 0. The van der Waals surface area contributed by atoms with Crippen LogP contribution in [0.5, 0.6) is 11.5 Å². The van der Waals surface area contributed by atoms with E-state index in [4.69, 9.17) is 14.5 Å². The molecule has 0 unspecified atom stereocenters. The van der Waals surface area contributed by atoms with Crippen LogP contribution in [0.15, 0.2) is 47.8 Å². The molecule has 1 saturated heterocycles. The Morgan fingerprint density at radius 1 is 1.09 bits per heavy atom. The normalized spacial score (nSPS) is 16.3. The number of aromatic nitrogens is 2. The van der Waals surface area contributed by atoms with E-state index in [1.54, 1.807) is 25.6 Å². The zero-order valence-corrected chi connectivity index (χ0v) is 19.5. The highest BCUT2D eigenvalue weighted by atomic mass is 32.1. The topological polar surface area (TPSA) is 64.5 Å². The number of rotatable bonds is 5. The van der Waals surface area contributed by atoms with Crippen LogP contribution in [0.4, 0.5) is 0 Å². The number of methoxy groups -OCH3 is 2. The molecule has 1 aliphatic rings. The Kier molecular flexibility index (Phi) is 5.80. The van der Waals surface area contributed by atoms with E-state index in [-0.39, 0.29) is 11.8 Å². The summed E-state index contributed by atoms with van der Waals surface area (Å²) in [6, 6.07) is 13.9. The molecule has 1 amide bonds. The van der Waals surface area contributed by atoms with Crippen molar-refractivity contribution in [3.05, 3.63) is 58.5 Å². The van der Waals surface area contributed by atoms with E-state index in [1.807, 2.05) is 46.7 Å². The van der Waals surface area contributed by atoms with E-state index in [0.717, 1.165) is 40.5 Å². The minimum atomic E-state index is -0.0150. The lowest BCUT2D eigenvalue weighted by atomic mass is 9.98. The Bertz CT molecular complexity index is 1230. The highest BCUT2D eigenvalue weighted by Crippen LogP contribution is 2.35. The molecule has 1 fully saturated rings. The molecule has 2 aromatic heterocycles. The number of carbonyl (C=O) groups excluding carboxylic acids is 1. The Balaban J connectivity index is 1.34. The van der Waals surface area contributed by atoms with Crippen molar-refractivity contribution >= 4 is 38.8 Å². The van der Waals surface area contributed by atoms with E-state index in [1.165, 1.54) is 16.0 Å². The standard InChI is InChI=1S/C24H23N3O3S2/c1-29-19-10-9-15(12-20(19)30-2)22-26-18(14-31-22)24(28)27-11-5-6-16(13-27)23-25-17-7-3-4-8-21(17)32-23/h3-4,7-10,12,14,16H,5-6,11,13H2,1-2H3/t16-/m1/s1. The van der Waals surface area contributed by atoms with Gasteiger partial charge >= 0.3 is 0 Å². The Labute approximate surface area is 194 Å². The van der Waals surface area contributed by atoms with Crippen LogP contribution in [0.1, 0.15) is 34.3 Å². The molecule has 1 aliphatic heterocycles. The zero-order valence-electron chi connectivity index (χ0n) is 17.9. The molecule has 0 spiro atoms. The van der Waals surface area contributed by atoms with Gasteiger partial charge in [-0.2, -0.15) is 0 Å². The monoisotopic (exact) mass is 465 g/mol. The van der Waals surface area contributed by atoms with Crippen LogP contribution in [0.2, 0.25) is 0 Å². The molecule has 1 atom stereocenters. The van der Waals surface area contributed by atoms with Crippen LogP contribution in [0, 0.1) is 0 Å². The lowest BCUT2D eigenvalue weighted by Gasteiger charge is -2.31. The molecule has 32 heavy (non-hydrogen) atoms. The van der Waals surface area contributed by atoms with Gasteiger partial charge in [0.15, 0.2) is 11.5 Å². The summed E-state index contributed by atoms with van der Waals surface area (Å²) >= 11 is 3.20. The SMILES string of the molecule is COc1ccc(-c2nc(C(=O)N3CCC[C@@H](c4nc5ccccc5s4)C3)cs2)cc1OC. The van der Waals surface area contributed by atoms with Crippen molar-refractivity contribution in [2.45, 2.75) is 18.8 Å². The third kappa shape index (κ3) is 3.96. The van der Waals surface area contributed by atoms with Gasteiger partial charge in [-0.1, -0.05) is 12.1 Å². The smallest absolute Gasteiger partial charge is 0.273 e. The third-order valence-corrected chi connectivity index (χ3v) is 7.81. The summed E-state index contributed by atoms with van der Waals surface area (Å²) in [6.45, 7) is 1.44. The molecule has 0 aliphatic carbocycles. The van der Waals surface area contributed by atoms with E-state index in [9.17, 15) is 4.79 Å². The fourth-order valence-electron chi connectivity index (χ4n) is 4.06. The maximum atomic E-state index is 13.2. The van der Waals surface area contributed by atoms with E-state index in [2.05, 4.69) is 11.1 Å². The van der Waals surface area contributed by atoms with Crippen molar-refractivity contribution in [2.24, 2.45) is 0 Å². The van der Waals surface area contributed by atoms with Crippen molar-refractivity contribution in [3.8, 4) is 22.1 Å². The van der Waals surface area contributed by atoms with E-state index >= 15 is 0 Å². The molecule has 164 valence electrons. The second-order valence-electron chi connectivity index (χ2n) is 7.72. The first-order chi connectivity index (χ1) is 15.7. The number of ether oxygens (including phenoxy) is 2. The molecule has 4 aromatic rings. The maximum Gasteiger partial charge on any atom is 0.273 e. The Hall–Kier alpha value is -2.97. The molecule has 3 heterocycles. The number of likely N-dealkylation sites (tertiary alicyclic amines) is 1. The van der Waals surface area contributed by atoms with Crippen LogP contribution in [0.25, 0.3) is 20.8 Å². The second kappa shape index (κ2) is 8.88. The van der Waals surface area contributed by atoms with Gasteiger partial charge in [0.25, 0.3) is 5.91 Å². The fourth-order valence-corrected chi connectivity index (χ4v) is 5.95. The van der Waals surface area contributed by atoms with Crippen LogP contribution >= 0.6 is 22.7 Å². The first-order valence-electron chi connectivity index (χ1n) is 10.5. The van der Waals surface area contributed by atoms with Crippen LogP contribution < -0.4 is 9.47 Å². The number of piperidine rings is 1. The summed E-state index contributed by atoms with van der Waals surface area (Å²) in [5.41, 5.74) is 2.43. The molecule has 5 rings (SSSR count). The molecule has 0 bridgehead atoms. The number of carbonyl (C=O) groups is 1. The summed E-state index contributed by atoms with van der Waals surface area (Å²) in [5, 5.41) is 3.75. The largest absolute Gasteiger partial charge is 0.493 e. The van der Waals surface area contributed by atoms with Crippen molar-refractivity contribution in [3.63, 3.8) is 0 Å². The number of fused-ring (bicyclic) bond motifs is 1. The van der Waals surface area contributed by atoms with Gasteiger partial charge in [-0.3, -0.25) is 4.79 Å². The van der Waals surface area contributed by atoms with Crippen molar-refractivity contribution < 1.29 is 14.3 Å². The van der Waals surface area contributed by atoms with Gasteiger partial charge in [0, 0.05) is 30.0 Å². The van der Waals surface area contributed by atoms with Crippen LogP contribution in [0.3, 0.4) is 0 Å². The lowest BCUT2D eigenvalue weighted by Crippen LogP contribution is -2.39. The average molecular weight is 466 g/mol. The molecule has 2 aromatic carbocycles. The molecule has 0 saturated carbocycles. The number of hydrogen-bond acceptors (Lipinski definition) is 7. The van der Waals surface area contributed by atoms with Gasteiger partial charge in [-0.15, -0.1) is 22.7 Å². The van der Waals surface area contributed by atoms with E-state index < -0.39 is 0 Å². The highest BCUT2D eigenvalue weighted by Gasteiger charge is 2.28. The van der Waals surface area contributed by atoms with Gasteiger partial charge in [0.1, 0.15) is 10.7 Å². The van der Waals surface area contributed by atoms with Gasteiger partial charge in [0.2, 0.25) is 0 Å². The number of para-hydroxylation sites is 1. The van der Waals surface area contributed by atoms with E-state index in [0.29, 0.717) is 23.7 Å². The first kappa shape index (κ1) is 20.9. The quantitative estimate of drug-likeness (QED) is 0.392. The van der Waals surface area contributed by atoms with Gasteiger partial charge < -0.3 is 14.4 Å². The Morgan fingerprint density at radius 2 is 1.94 bits per heavy atom. The number of benzene rings is 2. The first-order valence-corrected chi connectivity index (χ1v) is 12.2. The minimum absolute atomic E-state index is 0.0150. The summed E-state index contributed by atoms with van der Waals surface area (Å²) in [4.78, 5) is 24.6. The van der Waals surface area contributed by atoms with Crippen molar-refractivity contribution in [1.29, 1.82) is 0 Å². The molecular formula is C24H23N3O3S2. The minimum Gasteiger partial charge on any atom is -0.493 e. The van der Waals surface area contributed by atoms with Gasteiger partial charge in [0.05, 0.1) is 29.4 Å².